The molecule has 6 heteroatoms. The third kappa shape index (κ3) is 5.64. The minimum Gasteiger partial charge on any atom is -0.493 e. The van der Waals surface area contributed by atoms with E-state index in [1.54, 1.807) is 25.1 Å². The summed E-state index contributed by atoms with van der Waals surface area (Å²) in [4.78, 5) is 24.5. The van der Waals surface area contributed by atoms with Crippen LogP contribution in [0.2, 0.25) is 0 Å². The molecule has 26 heavy (non-hydrogen) atoms. The van der Waals surface area contributed by atoms with E-state index in [1.165, 1.54) is 7.11 Å². The highest BCUT2D eigenvalue weighted by molar-refractivity contribution is 5.92. The van der Waals surface area contributed by atoms with E-state index in [4.69, 9.17) is 14.2 Å². The quantitative estimate of drug-likeness (QED) is 0.717. The van der Waals surface area contributed by atoms with Gasteiger partial charge in [0.25, 0.3) is 5.91 Å². The molecule has 0 bridgehead atoms. The number of carbonyl (C=O) groups is 2. The van der Waals surface area contributed by atoms with Gasteiger partial charge in [-0.15, -0.1) is 0 Å². The fraction of sp³-hybridized carbons (Fsp3) is 0.600. The zero-order valence-corrected chi connectivity index (χ0v) is 16.0. The second kappa shape index (κ2) is 9.46. The van der Waals surface area contributed by atoms with Gasteiger partial charge in [0.2, 0.25) is 0 Å². The van der Waals surface area contributed by atoms with Gasteiger partial charge in [-0.2, -0.15) is 0 Å². The van der Waals surface area contributed by atoms with E-state index >= 15 is 0 Å². The third-order valence-corrected chi connectivity index (χ3v) is 4.33. The molecule has 1 aromatic carbocycles. The molecule has 0 aromatic heterocycles. The molecule has 1 amide bonds. The number of benzene rings is 1. The normalized spacial score (nSPS) is 15.6. The predicted octanol–water partition coefficient (Wildman–Crippen LogP) is 3.33. The predicted molar refractivity (Wildman–Crippen MR) is 98.6 cm³/mol. The van der Waals surface area contributed by atoms with Crippen LogP contribution in [0, 0.1) is 5.92 Å². The van der Waals surface area contributed by atoms with Gasteiger partial charge in [0.15, 0.2) is 17.6 Å². The smallest absolute Gasteiger partial charge is 0.339 e. The lowest BCUT2D eigenvalue weighted by Crippen LogP contribution is -2.40. The summed E-state index contributed by atoms with van der Waals surface area (Å²) in [5.41, 5.74) is 0.319. The van der Waals surface area contributed by atoms with Gasteiger partial charge in [-0.3, -0.25) is 4.79 Å². The number of rotatable bonds is 8. The SMILES string of the molecule is COc1cc(C(=O)O[C@H](C)C(=O)NC2CCCC2)ccc1OCC(C)C. The highest BCUT2D eigenvalue weighted by atomic mass is 16.5. The number of nitrogens with one attached hydrogen (secondary N) is 1. The van der Waals surface area contributed by atoms with Crippen LogP contribution in [0.5, 0.6) is 11.5 Å². The summed E-state index contributed by atoms with van der Waals surface area (Å²) < 4.78 is 16.3. The molecule has 1 saturated carbocycles. The van der Waals surface area contributed by atoms with Gasteiger partial charge < -0.3 is 19.5 Å². The Balaban J connectivity index is 1.96. The molecule has 1 atom stereocenters. The van der Waals surface area contributed by atoms with E-state index in [0.29, 0.717) is 29.6 Å². The molecular weight excluding hydrogens is 334 g/mol. The lowest BCUT2D eigenvalue weighted by Gasteiger charge is -2.17. The van der Waals surface area contributed by atoms with E-state index in [2.05, 4.69) is 19.2 Å². The molecular formula is C20H29NO5. The zero-order valence-electron chi connectivity index (χ0n) is 16.0. The molecule has 0 aliphatic heterocycles. The van der Waals surface area contributed by atoms with Crippen molar-refractivity contribution >= 4 is 11.9 Å². The molecule has 1 aliphatic rings. The first-order valence-electron chi connectivity index (χ1n) is 9.23. The van der Waals surface area contributed by atoms with Crippen LogP contribution in [0.3, 0.4) is 0 Å². The van der Waals surface area contributed by atoms with Gasteiger partial charge in [0.05, 0.1) is 19.3 Å². The van der Waals surface area contributed by atoms with E-state index in [-0.39, 0.29) is 11.9 Å². The van der Waals surface area contributed by atoms with Crippen LogP contribution in [0.4, 0.5) is 0 Å². The second-order valence-corrected chi connectivity index (χ2v) is 7.11. The van der Waals surface area contributed by atoms with Crippen molar-refractivity contribution in [3.63, 3.8) is 0 Å². The highest BCUT2D eigenvalue weighted by Crippen LogP contribution is 2.29. The maximum Gasteiger partial charge on any atom is 0.339 e. The molecule has 0 radical (unpaired) electrons. The van der Waals surface area contributed by atoms with Crippen LogP contribution >= 0.6 is 0 Å². The number of amides is 1. The fourth-order valence-electron chi connectivity index (χ4n) is 2.84. The highest BCUT2D eigenvalue weighted by Gasteiger charge is 2.24. The molecule has 1 fully saturated rings. The first kappa shape index (κ1) is 20.1. The first-order valence-corrected chi connectivity index (χ1v) is 9.23. The lowest BCUT2D eigenvalue weighted by molar-refractivity contribution is -0.129. The summed E-state index contributed by atoms with van der Waals surface area (Å²) in [6.45, 7) is 6.24. The number of carbonyl (C=O) groups excluding carboxylic acids is 2. The standard InChI is InChI=1S/C20H29NO5/c1-13(2)12-25-17-10-9-15(11-18(17)24-4)20(23)26-14(3)19(22)21-16-7-5-6-8-16/h9-11,13-14,16H,5-8,12H2,1-4H3,(H,21,22)/t14-/m1/s1. The van der Waals surface area contributed by atoms with Crippen LogP contribution in [0.25, 0.3) is 0 Å². The Hall–Kier alpha value is -2.24. The van der Waals surface area contributed by atoms with E-state index in [1.807, 2.05) is 0 Å². The lowest BCUT2D eigenvalue weighted by atomic mass is 10.2. The van der Waals surface area contributed by atoms with Crippen LogP contribution in [-0.4, -0.2) is 37.7 Å². The van der Waals surface area contributed by atoms with Crippen LogP contribution in [0.1, 0.15) is 56.8 Å². The molecule has 0 spiro atoms. The number of methoxy groups -OCH3 is 1. The summed E-state index contributed by atoms with van der Waals surface area (Å²) in [6.07, 6.45) is 3.39. The van der Waals surface area contributed by atoms with Crippen molar-refractivity contribution in [1.29, 1.82) is 0 Å². The Morgan fingerprint density at radius 1 is 1.15 bits per heavy atom. The largest absolute Gasteiger partial charge is 0.493 e. The average Bonchev–Trinajstić information content (AvgIpc) is 3.12. The van der Waals surface area contributed by atoms with Gasteiger partial charge in [-0.05, 0) is 43.9 Å². The van der Waals surface area contributed by atoms with Crippen molar-refractivity contribution in [2.45, 2.75) is 58.6 Å². The molecule has 2 rings (SSSR count). The number of esters is 1. The Morgan fingerprint density at radius 3 is 2.46 bits per heavy atom. The van der Waals surface area contributed by atoms with Crippen molar-refractivity contribution in [2.24, 2.45) is 5.92 Å². The molecule has 144 valence electrons. The van der Waals surface area contributed by atoms with Crippen molar-refractivity contribution < 1.29 is 23.8 Å². The van der Waals surface area contributed by atoms with Crippen molar-refractivity contribution in [2.75, 3.05) is 13.7 Å². The van der Waals surface area contributed by atoms with Crippen LogP contribution < -0.4 is 14.8 Å². The first-order chi connectivity index (χ1) is 12.4. The maximum absolute atomic E-state index is 12.3. The topological polar surface area (TPSA) is 73.9 Å². The third-order valence-electron chi connectivity index (χ3n) is 4.33. The van der Waals surface area contributed by atoms with Gasteiger partial charge in [-0.1, -0.05) is 26.7 Å². The van der Waals surface area contributed by atoms with Crippen molar-refractivity contribution in [1.82, 2.24) is 5.32 Å². The molecule has 0 saturated heterocycles. The Labute approximate surface area is 155 Å². The van der Waals surface area contributed by atoms with E-state index in [0.717, 1.165) is 25.7 Å². The van der Waals surface area contributed by atoms with Gasteiger partial charge in [0.1, 0.15) is 0 Å². The molecule has 1 N–H and O–H groups in total. The summed E-state index contributed by atoms with van der Waals surface area (Å²) in [6, 6.07) is 5.06. The number of ether oxygens (including phenoxy) is 3. The Morgan fingerprint density at radius 2 is 1.85 bits per heavy atom. The van der Waals surface area contributed by atoms with Crippen molar-refractivity contribution in [3.05, 3.63) is 23.8 Å². The molecule has 0 heterocycles. The van der Waals surface area contributed by atoms with Crippen LogP contribution in [-0.2, 0) is 9.53 Å². The Bertz CT molecular complexity index is 623. The minimum atomic E-state index is -0.842. The molecule has 1 aliphatic carbocycles. The van der Waals surface area contributed by atoms with Crippen molar-refractivity contribution in [3.8, 4) is 11.5 Å². The summed E-state index contributed by atoms with van der Waals surface area (Å²) in [5, 5.41) is 2.93. The minimum absolute atomic E-state index is 0.195. The molecule has 0 unspecified atom stereocenters. The van der Waals surface area contributed by atoms with E-state index < -0.39 is 12.1 Å². The molecule has 1 aromatic rings. The summed E-state index contributed by atoms with van der Waals surface area (Å²) >= 11 is 0. The van der Waals surface area contributed by atoms with Gasteiger partial charge >= 0.3 is 5.97 Å². The molecule has 6 nitrogen and oxygen atoms in total. The van der Waals surface area contributed by atoms with Crippen LogP contribution in [0.15, 0.2) is 18.2 Å². The van der Waals surface area contributed by atoms with Gasteiger partial charge in [-0.25, -0.2) is 4.79 Å². The van der Waals surface area contributed by atoms with E-state index in [9.17, 15) is 9.59 Å². The average molecular weight is 363 g/mol. The summed E-state index contributed by atoms with van der Waals surface area (Å²) in [7, 11) is 1.52. The number of hydrogen-bond acceptors (Lipinski definition) is 5. The Kier molecular flexibility index (Phi) is 7.30. The second-order valence-electron chi connectivity index (χ2n) is 7.11. The zero-order chi connectivity index (χ0) is 19.1. The fourth-order valence-corrected chi connectivity index (χ4v) is 2.84. The monoisotopic (exact) mass is 363 g/mol. The maximum atomic E-state index is 12.3. The summed E-state index contributed by atoms with van der Waals surface area (Å²) in [5.74, 6) is 0.596. The number of hydrogen-bond donors (Lipinski definition) is 1. The van der Waals surface area contributed by atoms with Gasteiger partial charge in [0, 0.05) is 6.04 Å².